The van der Waals surface area contributed by atoms with E-state index >= 15 is 0 Å². The van der Waals surface area contributed by atoms with Crippen molar-refractivity contribution in [2.45, 2.75) is 39.7 Å². The van der Waals surface area contributed by atoms with Crippen LogP contribution in [0.5, 0.6) is 11.5 Å². The first-order chi connectivity index (χ1) is 17.7. The minimum Gasteiger partial charge on any atom is -0.462 e. The Kier molecular flexibility index (Phi) is 7.97. The SMILES string of the molecule is CCOC(=O)c1ccc(C2=CCN(C(=O)OC(C)(C)C)CC2)cc1-c1ccc(Oc2ccccc2)cc1. The van der Waals surface area contributed by atoms with E-state index in [0.29, 0.717) is 37.4 Å². The second-order valence-corrected chi connectivity index (χ2v) is 9.83. The van der Waals surface area contributed by atoms with E-state index in [4.69, 9.17) is 14.2 Å². The molecule has 0 saturated carbocycles. The Morgan fingerprint density at radius 1 is 0.892 bits per heavy atom. The van der Waals surface area contributed by atoms with Crippen LogP contribution in [-0.4, -0.2) is 42.3 Å². The Bertz CT molecular complexity index is 1270. The highest BCUT2D eigenvalue weighted by molar-refractivity contribution is 5.98. The largest absolute Gasteiger partial charge is 0.462 e. The van der Waals surface area contributed by atoms with Gasteiger partial charge >= 0.3 is 12.1 Å². The average Bonchev–Trinajstić information content (AvgIpc) is 2.89. The zero-order chi connectivity index (χ0) is 26.4. The third-order valence-electron chi connectivity index (χ3n) is 5.89. The molecule has 1 aliphatic rings. The molecule has 1 aliphatic heterocycles. The Hall–Kier alpha value is -4.06. The molecular weight excluding hydrogens is 466 g/mol. The van der Waals surface area contributed by atoms with Gasteiger partial charge in [0.25, 0.3) is 0 Å². The van der Waals surface area contributed by atoms with Gasteiger partial charge in [-0.05, 0) is 92.8 Å². The molecule has 0 saturated heterocycles. The second kappa shape index (κ2) is 11.3. The number of esters is 1. The van der Waals surface area contributed by atoms with Gasteiger partial charge in [0.05, 0.1) is 12.2 Å². The highest BCUT2D eigenvalue weighted by Crippen LogP contribution is 2.32. The summed E-state index contributed by atoms with van der Waals surface area (Å²) in [7, 11) is 0. The third-order valence-corrected chi connectivity index (χ3v) is 5.89. The Balaban J connectivity index is 1.59. The molecule has 0 fully saturated rings. The van der Waals surface area contributed by atoms with E-state index in [1.54, 1.807) is 11.8 Å². The van der Waals surface area contributed by atoms with Gasteiger partial charge < -0.3 is 19.1 Å². The molecule has 0 aromatic heterocycles. The van der Waals surface area contributed by atoms with Crippen molar-refractivity contribution >= 4 is 17.6 Å². The summed E-state index contributed by atoms with van der Waals surface area (Å²) in [4.78, 5) is 26.9. The van der Waals surface area contributed by atoms with Crippen molar-refractivity contribution in [2.24, 2.45) is 0 Å². The van der Waals surface area contributed by atoms with Crippen LogP contribution >= 0.6 is 0 Å². The summed E-state index contributed by atoms with van der Waals surface area (Å²) in [6.07, 6.45) is 2.44. The summed E-state index contributed by atoms with van der Waals surface area (Å²) in [5.74, 6) is 1.11. The molecule has 4 rings (SSSR count). The maximum atomic E-state index is 12.7. The highest BCUT2D eigenvalue weighted by atomic mass is 16.6. The number of carbonyl (C=O) groups excluding carboxylic acids is 2. The lowest BCUT2D eigenvalue weighted by atomic mass is 9.92. The summed E-state index contributed by atoms with van der Waals surface area (Å²) in [6.45, 7) is 8.74. The number of ether oxygens (including phenoxy) is 3. The molecule has 3 aromatic rings. The number of hydrogen-bond acceptors (Lipinski definition) is 5. The van der Waals surface area contributed by atoms with Crippen LogP contribution < -0.4 is 4.74 Å². The van der Waals surface area contributed by atoms with Crippen LogP contribution in [-0.2, 0) is 9.47 Å². The number of benzene rings is 3. The smallest absolute Gasteiger partial charge is 0.410 e. The van der Waals surface area contributed by atoms with Crippen LogP contribution in [0.3, 0.4) is 0 Å². The Morgan fingerprint density at radius 2 is 1.57 bits per heavy atom. The molecule has 0 unspecified atom stereocenters. The molecule has 0 bridgehead atoms. The molecule has 37 heavy (non-hydrogen) atoms. The zero-order valence-electron chi connectivity index (χ0n) is 21.8. The van der Waals surface area contributed by atoms with Crippen LogP contribution in [0.2, 0.25) is 0 Å². The lowest BCUT2D eigenvalue weighted by molar-refractivity contribution is 0.0270. The third kappa shape index (κ3) is 6.79. The Morgan fingerprint density at radius 3 is 2.19 bits per heavy atom. The number of nitrogens with zero attached hydrogens (tertiary/aromatic N) is 1. The summed E-state index contributed by atoms with van der Waals surface area (Å²) in [5, 5.41) is 0. The van der Waals surface area contributed by atoms with E-state index in [1.165, 1.54) is 0 Å². The van der Waals surface area contributed by atoms with E-state index in [0.717, 1.165) is 28.0 Å². The molecule has 1 heterocycles. The first-order valence-corrected chi connectivity index (χ1v) is 12.6. The monoisotopic (exact) mass is 499 g/mol. The van der Waals surface area contributed by atoms with Crippen molar-refractivity contribution < 1.29 is 23.8 Å². The van der Waals surface area contributed by atoms with Crippen LogP contribution in [0.15, 0.2) is 78.9 Å². The highest BCUT2D eigenvalue weighted by Gasteiger charge is 2.24. The van der Waals surface area contributed by atoms with Gasteiger partial charge in [0, 0.05) is 13.1 Å². The molecule has 3 aromatic carbocycles. The predicted molar refractivity (Wildman–Crippen MR) is 145 cm³/mol. The minimum atomic E-state index is -0.527. The van der Waals surface area contributed by atoms with E-state index in [1.807, 2.05) is 99.6 Å². The van der Waals surface area contributed by atoms with E-state index < -0.39 is 5.60 Å². The number of para-hydroxylation sites is 1. The van der Waals surface area contributed by atoms with Gasteiger partial charge in [-0.15, -0.1) is 0 Å². The molecular formula is C31H33NO5. The standard InChI is InChI=1S/C31H33NO5/c1-5-35-29(33)27-16-13-24(22-17-19-32(20-18-22)30(34)37-31(2,3)4)21-28(27)23-11-14-26(15-12-23)36-25-9-7-6-8-10-25/h6-17,21H,5,18-20H2,1-4H3. The van der Waals surface area contributed by atoms with E-state index in [-0.39, 0.29) is 12.1 Å². The minimum absolute atomic E-state index is 0.301. The maximum absolute atomic E-state index is 12.7. The van der Waals surface area contributed by atoms with Gasteiger partial charge in [0.2, 0.25) is 0 Å². The fourth-order valence-corrected chi connectivity index (χ4v) is 4.12. The van der Waals surface area contributed by atoms with Gasteiger partial charge in [0.1, 0.15) is 17.1 Å². The number of amides is 1. The van der Waals surface area contributed by atoms with Crippen molar-refractivity contribution in [1.29, 1.82) is 0 Å². The summed E-state index contributed by atoms with van der Waals surface area (Å²) in [5.41, 5.74) is 3.79. The molecule has 6 nitrogen and oxygen atoms in total. The summed E-state index contributed by atoms with van der Waals surface area (Å²) < 4.78 is 16.7. The van der Waals surface area contributed by atoms with Gasteiger partial charge in [-0.25, -0.2) is 9.59 Å². The fraction of sp³-hybridized carbons (Fsp3) is 0.290. The predicted octanol–water partition coefficient (Wildman–Crippen LogP) is 7.35. The molecule has 6 heteroatoms. The topological polar surface area (TPSA) is 65.1 Å². The summed E-state index contributed by atoms with van der Waals surface area (Å²) in [6, 6.07) is 23.0. The number of rotatable bonds is 6. The van der Waals surface area contributed by atoms with Crippen molar-refractivity contribution in [3.05, 3.63) is 90.0 Å². The van der Waals surface area contributed by atoms with Gasteiger partial charge in [0.15, 0.2) is 0 Å². The molecule has 0 radical (unpaired) electrons. The average molecular weight is 500 g/mol. The van der Waals surface area contributed by atoms with Crippen molar-refractivity contribution in [2.75, 3.05) is 19.7 Å². The van der Waals surface area contributed by atoms with Gasteiger partial charge in [-0.1, -0.05) is 42.5 Å². The van der Waals surface area contributed by atoms with Crippen LogP contribution in [0.4, 0.5) is 4.79 Å². The van der Waals surface area contributed by atoms with Crippen LogP contribution in [0, 0.1) is 0 Å². The van der Waals surface area contributed by atoms with E-state index in [9.17, 15) is 9.59 Å². The van der Waals surface area contributed by atoms with Crippen molar-refractivity contribution in [3.63, 3.8) is 0 Å². The first kappa shape index (κ1) is 26.0. The lowest BCUT2D eigenvalue weighted by Gasteiger charge is -2.29. The van der Waals surface area contributed by atoms with Gasteiger partial charge in [-0.3, -0.25) is 0 Å². The molecule has 0 spiro atoms. The Labute approximate surface area is 218 Å². The molecule has 192 valence electrons. The quantitative estimate of drug-likeness (QED) is 0.332. The second-order valence-electron chi connectivity index (χ2n) is 9.83. The van der Waals surface area contributed by atoms with Crippen molar-refractivity contribution in [1.82, 2.24) is 4.90 Å². The number of carbonyl (C=O) groups is 2. The maximum Gasteiger partial charge on any atom is 0.410 e. The van der Waals surface area contributed by atoms with Crippen molar-refractivity contribution in [3.8, 4) is 22.6 Å². The number of hydrogen-bond donors (Lipinski definition) is 0. The molecule has 1 amide bonds. The lowest BCUT2D eigenvalue weighted by Crippen LogP contribution is -2.39. The first-order valence-electron chi connectivity index (χ1n) is 12.6. The van der Waals surface area contributed by atoms with E-state index in [2.05, 4.69) is 0 Å². The molecule has 0 N–H and O–H groups in total. The van der Waals surface area contributed by atoms with Crippen LogP contribution in [0.25, 0.3) is 16.7 Å². The zero-order valence-corrected chi connectivity index (χ0v) is 21.8. The van der Waals surface area contributed by atoms with Crippen LogP contribution in [0.1, 0.15) is 50.0 Å². The molecule has 0 aliphatic carbocycles. The molecule has 0 atom stereocenters. The fourth-order valence-electron chi connectivity index (χ4n) is 4.12. The normalized spacial score (nSPS) is 13.5. The summed E-state index contributed by atoms with van der Waals surface area (Å²) >= 11 is 0. The van der Waals surface area contributed by atoms with Gasteiger partial charge in [-0.2, -0.15) is 0 Å².